The molecule has 0 saturated carbocycles. The van der Waals surface area contributed by atoms with Gasteiger partial charge in [0, 0.05) is 52.8 Å². The molecule has 6 heteroatoms. The second-order valence-electron chi connectivity index (χ2n) is 8.13. The Hall–Kier alpha value is -2.44. The molecule has 156 valence electrons. The summed E-state index contributed by atoms with van der Waals surface area (Å²) < 4.78 is 8.55. The van der Waals surface area contributed by atoms with Gasteiger partial charge in [-0.05, 0) is 48.9 Å². The highest BCUT2D eigenvalue weighted by Gasteiger charge is 2.36. The molecule has 30 heavy (non-hydrogen) atoms. The van der Waals surface area contributed by atoms with E-state index in [0.29, 0.717) is 12.1 Å². The Balaban J connectivity index is 1.65. The van der Waals surface area contributed by atoms with Crippen LogP contribution in [0, 0.1) is 0 Å². The van der Waals surface area contributed by atoms with Crippen LogP contribution in [0.2, 0.25) is 0 Å². The molecule has 0 aliphatic carbocycles. The first-order valence-electron chi connectivity index (χ1n) is 10.5. The molecule has 0 spiro atoms. The first kappa shape index (κ1) is 19.5. The minimum atomic E-state index is -0.854. The number of ether oxygens (including phenoxy) is 1. The number of aromatic carboxylic acids is 1. The Kier molecular flexibility index (Phi) is 4.79. The molecule has 0 amide bonds. The molecule has 3 heterocycles. The maximum Gasteiger partial charge on any atom is 0.338 e. The third kappa shape index (κ3) is 2.85. The van der Waals surface area contributed by atoms with Crippen molar-refractivity contribution >= 4 is 28.6 Å². The number of fused-ring (bicyclic) bond motifs is 6. The smallest absolute Gasteiger partial charge is 0.338 e. The molecule has 1 unspecified atom stereocenters. The van der Waals surface area contributed by atoms with Crippen LogP contribution in [-0.2, 0) is 26.4 Å². The van der Waals surface area contributed by atoms with Gasteiger partial charge < -0.3 is 14.4 Å². The summed E-state index contributed by atoms with van der Waals surface area (Å²) in [5, 5.41) is 10.9. The lowest BCUT2D eigenvalue weighted by Gasteiger charge is -2.41. The van der Waals surface area contributed by atoms with Gasteiger partial charge in [-0.2, -0.15) is 0 Å². The first-order valence-corrected chi connectivity index (χ1v) is 11.7. The summed E-state index contributed by atoms with van der Waals surface area (Å²) in [4.78, 5) is 15.9. The van der Waals surface area contributed by atoms with Gasteiger partial charge >= 0.3 is 5.97 Å². The highest BCUT2D eigenvalue weighted by molar-refractivity contribution is 7.98. The largest absolute Gasteiger partial charge is 0.478 e. The van der Waals surface area contributed by atoms with E-state index in [1.807, 2.05) is 23.7 Å². The van der Waals surface area contributed by atoms with Crippen LogP contribution >= 0.6 is 11.8 Å². The Morgan fingerprint density at radius 2 is 2.13 bits per heavy atom. The molecule has 1 atom stereocenters. The van der Waals surface area contributed by atoms with Gasteiger partial charge in [0.25, 0.3) is 0 Å². The molecule has 0 bridgehead atoms. The number of benzene rings is 2. The van der Waals surface area contributed by atoms with Crippen molar-refractivity contribution in [3.63, 3.8) is 0 Å². The Labute approximate surface area is 180 Å². The average molecular weight is 423 g/mol. The molecule has 5 nitrogen and oxygen atoms in total. The maximum absolute atomic E-state index is 12.2. The van der Waals surface area contributed by atoms with Crippen molar-refractivity contribution < 1.29 is 14.6 Å². The number of aromatic nitrogens is 1. The van der Waals surface area contributed by atoms with Crippen molar-refractivity contribution in [2.75, 3.05) is 12.8 Å². The van der Waals surface area contributed by atoms with E-state index in [2.05, 4.69) is 36.3 Å². The van der Waals surface area contributed by atoms with E-state index in [4.69, 9.17) is 4.74 Å². The predicted octanol–water partition coefficient (Wildman–Crippen LogP) is 5.00. The van der Waals surface area contributed by atoms with Crippen LogP contribution in [0.5, 0.6) is 5.75 Å². The van der Waals surface area contributed by atoms with Crippen LogP contribution in [0.1, 0.15) is 52.3 Å². The molecule has 0 saturated heterocycles. The number of nitrogens with zero attached hydrogens (tertiary/aromatic N) is 2. The third-order valence-corrected chi connectivity index (χ3v) is 7.19. The molecular formula is C24H26N2O3S. The monoisotopic (exact) mass is 422 g/mol. The van der Waals surface area contributed by atoms with E-state index < -0.39 is 5.97 Å². The van der Waals surface area contributed by atoms with Gasteiger partial charge in [0.05, 0.1) is 5.56 Å². The summed E-state index contributed by atoms with van der Waals surface area (Å²) in [5.41, 5.74) is 5.88. The van der Waals surface area contributed by atoms with Crippen LogP contribution in [-0.4, -0.2) is 33.3 Å². The standard InChI is InChI=1S/C24H26N2O3S/c1-4-5-18-22(24(27)28)21-17-13-26-11-10-14-12-15(30-3)6-7-16(14)23(26)29-20(17)9-8-19(21)25(18)2/h6-9,12,23H,4-5,10-11,13H2,1-3H3,(H,27,28). The van der Waals surface area contributed by atoms with Crippen molar-refractivity contribution in [3.05, 3.63) is 58.3 Å². The molecule has 2 aromatic carbocycles. The second-order valence-corrected chi connectivity index (χ2v) is 9.01. The van der Waals surface area contributed by atoms with E-state index >= 15 is 0 Å². The quantitative estimate of drug-likeness (QED) is 0.600. The Bertz CT molecular complexity index is 1170. The number of hydrogen-bond acceptors (Lipinski definition) is 4. The second kappa shape index (κ2) is 7.36. The van der Waals surface area contributed by atoms with Crippen molar-refractivity contribution in [2.45, 2.75) is 43.9 Å². The van der Waals surface area contributed by atoms with Gasteiger partial charge in [0.1, 0.15) is 5.75 Å². The lowest BCUT2D eigenvalue weighted by Crippen LogP contribution is -2.41. The SMILES string of the molecule is CCCc1c(C(=O)O)c2c3c(ccc2n1C)OC1c2ccc(SC)cc2CCN1C3. The van der Waals surface area contributed by atoms with E-state index in [9.17, 15) is 9.90 Å². The van der Waals surface area contributed by atoms with E-state index in [1.54, 1.807) is 11.8 Å². The molecule has 0 fully saturated rings. The Morgan fingerprint density at radius 1 is 1.30 bits per heavy atom. The van der Waals surface area contributed by atoms with E-state index in [0.717, 1.165) is 53.7 Å². The number of carboxylic acids is 1. The molecule has 0 radical (unpaired) electrons. The number of thioether (sulfide) groups is 1. The minimum Gasteiger partial charge on any atom is -0.478 e. The average Bonchev–Trinajstić information content (AvgIpc) is 3.04. The van der Waals surface area contributed by atoms with Crippen molar-refractivity contribution in [3.8, 4) is 5.75 Å². The summed E-state index contributed by atoms with van der Waals surface area (Å²) in [6.07, 6.45) is 4.63. The summed E-state index contributed by atoms with van der Waals surface area (Å²) in [7, 11) is 1.97. The first-order chi connectivity index (χ1) is 14.5. The molecule has 5 rings (SSSR count). The minimum absolute atomic E-state index is 0.110. The maximum atomic E-state index is 12.2. The van der Waals surface area contributed by atoms with Crippen molar-refractivity contribution in [1.29, 1.82) is 0 Å². The number of carboxylic acid groups (broad SMARTS) is 1. The number of carbonyl (C=O) groups is 1. The number of hydrogen-bond donors (Lipinski definition) is 1. The molecule has 2 aliphatic heterocycles. The fourth-order valence-electron chi connectivity index (χ4n) is 5.03. The zero-order valence-electron chi connectivity index (χ0n) is 17.6. The summed E-state index contributed by atoms with van der Waals surface area (Å²) in [6, 6.07) is 10.6. The summed E-state index contributed by atoms with van der Waals surface area (Å²) >= 11 is 1.76. The lowest BCUT2D eigenvalue weighted by molar-refractivity contribution is -0.00961. The van der Waals surface area contributed by atoms with E-state index in [-0.39, 0.29) is 6.23 Å². The molecule has 3 aromatic rings. The van der Waals surface area contributed by atoms with Crippen LogP contribution in [0.15, 0.2) is 35.2 Å². The summed E-state index contributed by atoms with van der Waals surface area (Å²) in [5.74, 6) is -0.0464. The predicted molar refractivity (Wildman–Crippen MR) is 120 cm³/mol. The fraction of sp³-hybridized carbons (Fsp3) is 0.375. The van der Waals surface area contributed by atoms with Gasteiger partial charge in [-0.1, -0.05) is 19.4 Å². The van der Waals surface area contributed by atoms with Gasteiger partial charge in [0.2, 0.25) is 0 Å². The van der Waals surface area contributed by atoms with Crippen molar-refractivity contribution in [1.82, 2.24) is 9.47 Å². The van der Waals surface area contributed by atoms with Crippen LogP contribution in [0.25, 0.3) is 10.9 Å². The molecule has 1 aromatic heterocycles. The number of aryl methyl sites for hydroxylation is 1. The lowest BCUT2D eigenvalue weighted by atomic mass is 9.94. The van der Waals surface area contributed by atoms with Gasteiger partial charge in [-0.25, -0.2) is 4.79 Å². The highest BCUT2D eigenvalue weighted by atomic mass is 32.2. The van der Waals surface area contributed by atoms with Crippen LogP contribution in [0.3, 0.4) is 0 Å². The fourth-order valence-corrected chi connectivity index (χ4v) is 5.49. The molecule has 1 N–H and O–H groups in total. The van der Waals surface area contributed by atoms with E-state index in [1.165, 1.54) is 16.0 Å². The topological polar surface area (TPSA) is 54.7 Å². The van der Waals surface area contributed by atoms with Gasteiger partial charge in [0.15, 0.2) is 6.23 Å². The molecular weight excluding hydrogens is 396 g/mol. The normalized spacial score (nSPS) is 17.9. The summed E-state index contributed by atoms with van der Waals surface area (Å²) in [6.45, 7) is 3.69. The van der Waals surface area contributed by atoms with Gasteiger partial charge in [-0.3, -0.25) is 4.90 Å². The van der Waals surface area contributed by atoms with Gasteiger partial charge in [-0.15, -0.1) is 11.8 Å². The Morgan fingerprint density at radius 3 is 2.87 bits per heavy atom. The molecule has 2 aliphatic rings. The zero-order valence-corrected chi connectivity index (χ0v) is 18.4. The third-order valence-electron chi connectivity index (χ3n) is 6.47. The van der Waals surface area contributed by atoms with Crippen LogP contribution < -0.4 is 4.74 Å². The highest BCUT2D eigenvalue weighted by Crippen LogP contribution is 2.44. The van der Waals surface area contributed by atoms with Crippen molar-refractivity contribution in [2.24, 2.45) is 7.05 Å². The zero-order chi connectivity index (χ0) is 21.0. The number of rotatable bonds is 4. The van der Waals surface area contributed by atoms with Crippen LogP contribution in [0.4, 0.5) is 0 Å².